The molecule has 0 spiro atoms. The lowest BCUT2D eigenvalue weighted by Crippen LogP contribution is -2.32. The summed E-state index contributed by atoms with van der Waals surface area (Å²) in [5, 5.41) is 3.83. The number of nitrogen functional groups attached to an aromatic ring is 1. The predicted octanol–water partition coefficient (Wildman–Crippen LogP) is 0.969. The topological polar surface area (TPSA) is 91.7 Å². The highest BCUT2D eigenvalue weighted by Crippen LogP contribution is 2.23. The molecule has 2 rings (SSSR count). The van der Waals surface area contributed by atoms with Gasteiger partial charge in [-0.3, -0.25) is 0 Å². The van der Waals surface area contributed by atoms with Gasteiger partial charge in [-0.1, -0.05) is 0 Å². The van der Waals surface area contributed by atoms with E-state index in [9.17, 15) is 13.2 Å². The average Bonchev–Trinajstić information content (AvgIpc) is 2.80. The third-order valence-corrected chi connectivity index (χ3v) is 2.07. The minimum Gasteiger partial charge on any atom is -0.451 e. The first-order chi connectivity index (χ1) is 8.86. The van der Waals surface area contributed by atoms with E-state index in [0.29, 0.717) is 0 Å². The third kappa shape index (κ3) is 3.09. The smallest absolute Gasteiger partial charge is 0.425 e. The van der Waals surface area contributed by atoms with Gasteiger partial charge in [0, 0.05) is 12.4 Å². The number of nitrogens with zero attached hydrogens (tertiary/aromatic N) is 5. The van der Waals surface area contributed by atoms with Gasteiger partial charge >= 0.3 is 12.2 Å². The Morgan fingerprint density at radius 3 is 2.63 bits per heavy atom. The largest absolute Gasteiger partial charge is 0.451 e. The highest BCUT2D eigenvalue weighted by molar-refractivity contribution is 5.24. The zero-order valence-corrected chi connectivity index (χ0v) is 9.66. The van der Waals surface area contributed by atoms with Crippen LogP contribution in [0.2, 0.25) is 0 Å². The van der Waals surface area contributed by atoms with E-state index < -0.39 is 18.3 Å². The summed E-state index contributed by atoms with van der Waals surface area (Å²) in [6, 6.07) is 1.08. The number of hydrogen-bond acceptors (Lipinski definition) is 6. The molecule has 0 radical (unpaired) electrons. The fourth-order valence-electron chi connectivity index (χ4n) is 1.13. The van der Waals surface area contributed by atoms with Gasteiger partial charge in [-0.05, 0) is 13.0 Å². The number of alkyl halides is 3. The van der Waals surface area contributed by atoms with E-state index >= 15 is 0 Å². The number of aromatic nitrogens is 5. The lowest BCUT2D eigenvalue weighted by Gasteiger charge is -2.16. The Kier molecular flexibility index (Phi) is 3.23. The minimum absolute atomic E-state index is 0.0260. The van der Waals surface area contributed by atoms with Crippen LogP contribution in [0.4, 0.5) is 19.1 Å². The van der Waals surface area contributed by atoms with Crippen molar-refractivity contribution in [2.75, 3.05) is 5.73 Å². The normalized spacial score (nSPS) is 13.3. The van der Waals surface area contributed by atoms with E-state index in [0.717, 1.165) is 6.92 Å². The lowest BCUT2D eigenvalue weighted by molar-refractivity contribution is -0.190. The minimum atomic E-state index is -4.52. The number of halogens is 3. The Balaban J connectivity index is 2.28. The van der Waals surface area contributed by atoms with Crippen LogP contribution in [0.3, 0.4) is 0 Å². The molecule has 2 aromatic heterocycles. The summed E-state index contributed by atoms with van der Waals surface area (Å²) in [5.74, 6) is -0.285. The molecule has 0 aliphatic carbocycles. The van der Waals surface area contributed by atoms with Crippen LogP contribution in [-0.4, -0.2) is 37.0 Å². The van der Waals surface area contributed by atoms with Crippen molar-refractivity contribution in [3.05, 3.63) is 18.5 Å². The van der Waals surface area contributed by atoms with E-state index in [1.807, 2.05) is 0 Å². The van der Waals surface area contributed by atoms with Gasteiger partial charge in [-0.15, -0.1) is 0 Å². The molecule has 0 saturated carbocycles. The average molecular weight is 274 g/mol. The van der Waals surface area contributed by atoms with Gasteiger partial charge in [0.25, 0.3) is 5.95 Å². The zero-order valence-electron chi connectivity index (χ0n) is 9.66. The van der Waals surface area contributed by atoms with Gasteiger partial charge in [0.15, 0.2) is 6.10 Å². The monoisotopic (exact) mass is 274 g/mol. The van der Waals surface area contributed by atoms with Crippen molar-refractivity contribution in [2.45, 2.75) is 19.2 Å². The quantitative estimate of drug-likeness (QED) is 0.896. The number of ether oxygens (including phenoxy) is 1. The second kappa shape index (κ2) is 4.71. The van der Waals surface area contributed by atoms with Gasteiger partial charge in [0.05, 0.1) is 0 Å². The summed E-state index contributed by atoms with van der Waals surface area (Å²) in [7, 11) is 0. The first kappa shape index (κ1) is 13.1. The molecule has 10 heteroatoms. The zero-order chi connectivity index (χ0) is 14.0. The molecule has 0 fully saturated rings. The van der Waals surface area contributed by atoms with E-state index in [1.54, 1.807) is 6.07 Å². The molecule has 19 heavy (non-hydrogen) atoms. The van der Waals surface area contributed by atoms with E-state index in [2.05, 4.69) is 24.8 Å². The van der Waals surface area contributed by atoms with Crippen molar-refractivity contribution in [2.24, 2.45) is 0 Å². The standard InChI is InChI=1S/C9H9F3N6O/c1-5(9(10,11)12)19-8-16-6(13)15-7(17-8)18-4-2-3-14-18/h2-5H,1H3,(H2,13,15,16,17). The van der Waals surface area contributed by atoms with Crippen LogP contribution < -0.4 is 10.5 Å². The van der Waals surface area contributed by atoms with Crippen LogP contribution in [0.25, 0.3) is 5.95 Å². The molecule has 0 aliphatic heterocycles. The number of hydrogen-bond donors (Lipinski definition) is 1. The van der Waals surface area contributed by atoms with Gasteiger partial charge in [0.2, 0.25) is 5.95 Å². The van der Waals surface area contributed by atoms with Crippen LogP contribution in [0.5, 0.6) is 6.01 Å². The maximum absolute atomic E-state index is 12.4. The molecular weight excluding hydrogens is 265 g/mol. The summed E-state index contributed by atoms with van der Waals surface area (Å²) >= 11 is 0. The lowest BCUT2D eigenvalue weighted by atomic mass is 10.4. The third-order valence-electron chi connectivity index (χ3n) is 2.07. The highest BCUT2D eigenvalue weighted by atomic mass is 19.4. The molecule has 2 heterocycles. The maximum Gasteiger partial charge on any atom is 0.425 e. The number of rotatable bonds is 3. The van der Waals surface area contributed by atoms with Crippen LogP contribution in [0.15, 0.2) is 18.5 Å². The molecular formula is C9H9F3N6O. The van der Waals surface area contributed by atoms with E-state index in [-0.39, 0.29) is 11.9 Å². The molecule has 1 unspecified atom stereocenters. The predicted molar refractivity (Wildman–Crippen MR) is 57.5 cm³/mol. The van der Waals surface area contributed by atoms with Crippen molar-refractivity contribution in [1.82, 2.24) is 24.7 Å². The molecule has 0 saturated heterocycles. The number of nitrogens with two attached hydrogens (primary N) is 1. The Bertz CT molecular complexity index is 556. The molecule has 102 valence electrons. The van der Waals surface area contributed by atoms with Gasteiger partial charge in [-0.25, -0.2) is 4.68 Å². The molecule has 1 atom stereocenters. The van der Waals surface area contributed by atoms with Crippen LogP contribution in [-0.2, 0) is 0 Å². The Labute approximate surface area is 105 Å². The number of anilines is 1. The van der Waals surface area contributed by atoms with Gasteiger partial charge in [0.1, 0.15) is 0 Å². The van der Waals surface area contributed by atoms with Crippen LogP contribution >= 0.6 is 0 Å². The molecule has 0 amide bonds. The van der Waals surface area contributed by atoms with E-state index in [1.165, 1.54) is 17.1 Å². The second-order valence-electron chi connectivity index (χ2n) is 3.53. The molecule has 0 bridgehead atoms. The van der Waals surface area contributed by atoms with Gasteiger partial charge in [-0.2, -0.15) is 33.2 Å². The summed E-state index contributed by atoms with van der Waals surface area (Å²) in [5.41, 5.74) is 5.39. The molecule has 2 aromatic rings. The summed E-state index contributed by atoms with van der Waals surface area (Å²) in [6.07, 6.45) is -3.61. The summed E-state index contributed by atoms with van der Waals surface area (Å²) in [4.78, 5) is 10.9. The van der Waals surface area contributed by atoms with Gasteiger partial charge < -0.3 is 10.5 Å². The highest BCUT2D eigenvalue weighted by Gasteiger charge is 2.38. The summed E-state index contributed by atoms with van der Waals surface area (Å²) in [6.45, 7) is 0.841. The second-order valence-corrected chi connectivity index (χ2v) is 3.53. The van der Waals surface area contributed by atoms with Crippen molar-refractivity contribution < 1.29 is 17.9 Å². The van der Waals surface area contributed by atoms with Crippen molar-refractivity contribution in [3.8, 4) is 12.0 Å². The Morgan fingerprint density at radius 1 is 1.32 bits per heavy atom. The first-order valence-corrected chi connectivity index (χ1v) is 5.11. The maximum atomic E-state index is 12.4. The molecule has 0 aromatic carbocycles. The van der Waals surface area contributed by atoms with Crippen molar-refractivity contribution in [1.29, 1.82) is 0 Å². The van der Waals surface area contributed by atoms with Crippen molar-refractivity contribution >= 4 is 5.95 Å². The molecule has 7 nitrogen and oxygen atoms in total. The molecule has 0 aliphatic rings. The van der Waals surface area contributed by atoms with Crippen LogP contribution in [0, 0.1) is 0 Å². The fraction of sp³-hybridized carbons (Fsp3) is 0.333. The first-order valence-electron chi connectivity index (χ1n) is 5.11. The Morgan fingerprint density at radius 2 is 2.05 bits per heavy atom. The van der Waals surface area contributed by atoms with Crippen LogP contribution in [0.1, 0.15) is 6.92 Å². The van der Waals surface area contributed by atoms with E-state index in [4.69, 9.17) is 5.73 Å². The fourth-order valence-corrected chi connectivity index (χ4v) is 1.13. The SMILES string of the molecule is CC(Oc1nc(N)nc(-n2cccn2)n1)C(F)(F)F. The van der Waals surface area contributed by atoms with Crippen molar-refractivity contribution in [3.63, 3.8) is 0 Å². The molecule has 2 N–H and O–H groups in total. The Hall–Kier alpha value is -2.39. The summed E-state index contributed by atoms with van der Waals surface area (Å²) < 4.78 is 42.9.